The average molecular weight is 664 g/mol. The molecule has 0 N–H and O–H groups in total. The van der Waals surface area contributed by atoms with Crippen LogP contribution in [0.4, 0.5) is 0 Å². The van der Waals surface area contributed by atoms with Crippen LogP contribution in [0.1, 0.15) is 70.4 Å². The van der Waals surface area contributed by atoms with Crippen LogP contribution in [0.3, 0.4) is 0 Å². The molecule has 0 atom stereocenters. The molecule has 0 saturated heterocycles. The van der Waals surface area contributed by atoms with E-state index in [1.807, 2.05) is 31.2 Å². The van der Waals surface area contributed by atoms with Gasteiger partial charge in [0, 0.05) is 83.1 Å². The molecular formula is C37H29NO3S4. The van der Waals surface area contributed by atoms with Crippen molar-refractivity contribution in [2.75, 3.05) is 6.54 Å². The van der Waals surface area contributed by atoms with Gasteiger partial charge in [-0.25, -0.2) is 0 Å². The van der Waals surface area contributed by atoms with Crippen molar-refractivity contribution in [3.05, 3.63) is 100 Å². The first-order valence-electron chi connectivity index (χ1n) is 15.1. The molecule has 0 bridgehead atoms. The van der Waals surface area contributed by atoms with Gasteiger partial charge in [-0.3, -0.25) is 19.3 Å². The number of Topliss-reactive ketones (excluding diaryl/α,β-unsaturated/α-hetero) is 1. The van der Waals surface area contributed by atoms with Gasteiger partial charge in [-0.05, 0) is 76.1 Å². The van der Waals surface area contributed by atoms with Crippen LogP contribution in [-0.4, -0.2) is 29.0 Å². The fourth-order valence-corrected chi connectivity index (χ4v) is 11.0. The lowest BCUT2D eigenvalue weighted by Crippen LogP contribution is -2.30. The van der Waals surface area contributed by atoms with Crippen LogP contribution in [0.2, 0.25) is 0 Å². The molecule has 0 unspecified atom stereocenters. The molecular weight excluding hydrogens is 635 g/mol. The zero-order valence-corrected chi connectivity index (χ0v) is 28.8. The lowest BCUT2D eigenvalue weighted by atomic mass is 9.97. The van der Waals surface area contributed by atoms with E-state index in [0.29, 0.717) is 17.7 Å². The van der Waals surface area contributed by atoms with Crippen molar-refractivity contribution < 1.29 is 14.4 Å². The predicted molar refractivity (Wildman–Crippen MR) is 190 cm³/mol. The fourth-order valence-electron chi connectivity index (χ4n) is 6.80. The van der Waals surface area contributed by atoms with Gasteiger partial charge >= 0.3 is 0 Å². The van der Waals surface area contributed by atoms with Crippen LogP contribution in [0.15, 0.2) is 48.5 Å². The summed E-state index contributed by atoms with van der Waals surface area (Å²) in [6.07, 6.45) is 1.68. The van der Waals surface area contributed by atoms with E-state index in [2.05, 4.69) is 52.0 Å². The summed E-state index contributed by atoms with van der Waals surface area (Å²) in [4.78, 5) is 49.6. The van der Waals surface area contributed by atoms with Crippen LogP contribution >= 0.6 is 45.3 Å². The number of carbonyl (C=O) groups is 3. The SMILES string of the molecule is CCCCN1C(=O)c2c(C)ccc(-c3ccc(C4=c5c(c6sc(C)cc6c6cc(C)sc56)=C(c5ccc(C)s5)C4=O)s3)c2C1=O. The second-order valence-corrected chi connectivity index (χ2v) is 16.8. The van der Waals surface area contributed by atoms with E-state index < -0.39 is 0 Å². The molecule has 2 aromatic carbocycles. The minimum atomic E-state index is -0.220. The van der Waals surface area contributed by atoms with Gasteiger partial charge in [-0.15, -0.1) is 45.3 Å². The highest BCUT2D eigenvalue weighted by molar-refractivity contribution is 7.21. The molecule has 224 valence electrons. The Kier molecular flexibility index (Phi) is 6.66. The van der Waals surface area contributed by atoms with Gasteiger partial charge in [0.05, 0.1) is 11.1 Å². The summed E-state index contributed by atoms with van der Waals surface area (Å²) in [6.45, 7) is 10.7. The number of aryl methyl sites for hydroxylation is 4. The maximum atomic E-state index is 14.7. The third kappa shape index (κ3) is 4.16. The number of ketones is 1. The standard InChI is InChI=1S/C37H29NO3S4/c1-6-7-14-38-36(40)27-17(2)8-10-21(28(27)37(38)41)24-12-13-26(45-24)30-32-31(29(33(30)39)25-11-9-18(3)42-25)34-22(15-19(4)43-34)23-16-20(5)44-35(23)32/h8-13,15-16H,6-7,14H2,1-5H3. The van der Waals surface area contributed by atoms with Gasteiger partial charge in [0.25, 0.3) is 11.8 Å². The van der Waals surface area contributed by atoms with E-state index in [0.717, 1.165) is 64.9 Å². The van der Waals surface area contributed by atoms with E-state index in [1.165, 1.54) is 46.3 Å². The van der Waals surface area contributed by atoms with Gasteiger partial charge in [-0.2, -0.15) is 0 Å². The molecule has 0 radical (unpaired) electrons. The fraction of sp³-hybridized carbons (Fsp3) is 0.216. The van der Waals surface area contributed by atoms with Crippen molar-refractivity contribution in [3.8, 4) is 10.4 Å². The van der Waals surface area contributed by atoms with Crippen molar-refractivity contribution >= 4 is 94.3 Å². The second kappa shape index (κ2) is 10.4. The van der Waals surface area contributed by atoms with Gasteiger partial charge < -0.3 is 0 Å². The van der Waals surface area contributed by atoms with Gasteiger partial charge in [0.15, 0.2) is 5.78 Å². The van der Waals surface area contributed by atoms with E-state index in [1.54, 1.807) is 34.0 Å². The summed E-state index contributed by atoms with van der Waals surface area (Å²) in [6, 6.07) is 16.6. The second-order valence-electron chi connectivity index (χ2n) is 11.9. The molecule has 1 aliphatic heterocycles. The zero-order chi connectivity index (χ0) is 31.3. The molecule has 6 aromatic rings. The van der Waals surface area contributed by atoms with E-state index in [9.17, 15) is 14.4 Å². The largest absolute Gasteiger partial charge is 0.288 e. The van der Waals surface area contributed by atoms with E-state index in [-0.39, 0.29) is 17.6 Å². The van der Waals surface area contributed by atoms with Crippen LogP contribution in [0, 0.1) is 27.7 Å². The molecule has 0 spiro atoms. The first-order chi connectivity index (χ1) is 21.7. The van der Waals surface area contributed by atoms with Crippen LogP contribution in [0.25, 0.3) is 41.8 Å². The molecule has 2 amide bonds. The molecule has 8 rings (SSSR count). The Bertz CT molecular complexity index is 2430. The van der Waals surface area contributed by atoms with E-state index >= 15 is 0 Å². The number of rotatable bonds is 6. The van der Waals surface area contributed by atoms with Gasteiger partial charge in [-0.1, -0.05) is 25.5 Å². The predicted octanol–water partition coefficient (Wildman–Crippen LogP) is 8.52. The summed E-state index contributed by atoms with van der Waals surface area (Å²) in [5.41, 5.74) is 4.09. The minimum Gasteiger partial charge on any atom is -0.288 e. The van der Waals surface area contributed by atoms with Crippen LogP contribution < -0.4 is 10.4 Å². The Balaban J connectivity index is 1.40. The molecule has 5 heterocycles. The van der Waals surface area contributed by atoms with Crippen molar-refractivity contribution in [3.63, 3.8) is 0 Å². The molecule has 4 nitrogen and oxygen atoms in total. The van der Waals surface area contributed by atoms with E-state index in [4.69, 9.17) is 0 Å². The molecule has 8 heteroatoms. The van der Waals surface area contributed by atoms with Crippen molar-refractivity contribution in [1.82, 2.24) is 4.90 Å². The number of imide groups is 1. The Morgan fingerprint density at radius 1 is 0.622 bits per heavy atom. The normalized spacial score (nSPS) is 14.6. The number of carbonyl (C=O) groups excluding carboxylic acids is 3. The summed E-state index contributed by atoms with van der Waals surface area (Å²) in [7, 11) is 0. The minimum absolute atomic E-state index is 0.0530. The monoisotopic (exact) mass is 663 g/mol. The number of hydrogen-bond acceptors (Lipinski definition) is 7. The number of benzene rings is 2. The first kappa shape index (κ1) is 28.8. The van der Waals surface area contributed by atoms with Crippen molar-refractivity contribution in [2.45, 2.75) is 47.5 Å². The molecule has 0 fully saturated rings. The van der Waals surface area contributed by atoms with Gasteiger partial charge in [0.2, 0.25) is 0 Å². The molecule has 0 saturated carbocycles. The highest BCUT2D eigenvalue weighted by atomic mass is 32.1. The summed E-state index contributed by atoms with van der Waals surface area (Å²) >= 11 is 6.71. The summed E-state index contributed by atoms with van der Waals surface area (Å²) in [5.74, 6) is -0.371. The number of fused-ring (bicyclic) bond motifs is 7. The highest BCUT2D eigenvalue weighted by Crippen LogP contribution is 2.42. The number of unbranched alkanes of at least 4 members (excludes halogenated alkanes) is 1. The maximum Gasteiger partial charge on any atom is 0.262 e. The lowest BCUT2D eigenvalue weighted by molar-refractivity contribution is -0.108. The Hall–Kier alpha value is -3.69. The van der Waals surface area contributed by atoms with Gasteiger partial charge in [0.1, 0.15) is 0 Å². The lowest BCUT2D eigenvalue weighted by Gasteiger charge is -2.12. The van der Waals surface area contributed by atoms with Crippen LogP contribution in [-0.2, 0) is 4.79 Å². The van der Waals surface area contributed by atoms with Crippen LogP contribution in [0.5, 0.6) is 0 Å². The summed E-state index contributed by atoms with van der Waals surface area (Å²) < 4.78 is 2.32. The number of nitrogens with zero attached hydrogens (tertiary/aromatic N) is 1. The van der Waals surface area contributed by atoms with Crippen molar-refractivity contribution in [2.24, 2.45) is 0 Å². The molecule has 4 aromatic heterocycles. The molecule has 2 aliphatic rings. The van der Waals surface area contributed by atoms with Crippen molar-refractivity contribution in [1.29, 1.82) is 0 Å². The highest BCUT2D eigenvalue weighted by Gasteiger charge is 2.39. The number of amides is 2. The Labute approximate surface area is 276 Å². The topological polar surface area (TPSA) is 54.5 Å². The third-order valence-electron chi connectivity index (χ3n) is 8.83. The maximum absolute atomic E-state index is 14.7. The third-order valence-corrected chi connectivity index (χ3v) is 13.1. The number of thiophene rings is 4. The quantitative estimate of drug-likeness (QED) is 0.168. The smallest absolute Gasteiger partial charge is 0.262 e. The zero-order valence-electron chi connectivity index (χ0n) is 25.5. The first-order valence-corrected chi connectivity index (χ1v) is 18.4. The molecule has 1 aliphatic carbocycles. The molecule has 45 heavy (non-hydrogen) atoms. The number of hydrogen-bond donors (Lipinski definition) is 0. The Morgan fingerprint density at radius 2 is 1.20 bits per heavy atom. The average Bonchev–Trinajstić information content (AvgIpc) is 3.84. The Morgan fingerprint density at radius 3 is 1.80 bits per heavy atom. The summed E-state index contributed by atoms with van der Waals surface area (Å²) in [5, 5.41) is 4.50.